The summed E-state index contributed by atoms with van der Waals surface area (Å²) < 4.78 is 7.42. The third kappa shape index (κ3) is 5.10. The molecule has 1 aliphatic heterocycles. The molecule has 1 amide bonds. The summed E-state index contributed by atoms with van der Waals surface area (Å²) in [5, 5.41) is 8.47. The Kier molecular flexibility index (Phi) is 6.86. The Morgan fingerprint density at radius 2 is 1.91 bits per heavy atom. The van der Waals surface area contributed by atoms with Crippen molar-refractivity contribution in [3.8, 4) is 17.0 Å². The van der Waals surface area contributed by atoms with Crippen molar-refractivity contribution in [2.45, 2.75) is 26.3 Å². The molecule has 0 saturated carbocycles. The van der Waals surface area contributed by atoms with E-state index in [0.717, 1.165) is 59.8 Å². The van der Waals surface area contributed by atoms with Crippen molar-refractivity contribution >= 4 is 28.8 Å². The molecular weight excluding hydrogens is 462 g/mol. The van der Waals surface area contributed by atoms with E-state index in [1.54, 1.807) is 6.20 Å². The van der Waals surface area contributed by atoms with Crippen LogP contribution in [0.1, 0.15) is 25.3 Å². The first kappa shape index (κ1) is 23.2. The molecule has 0 unspecified atom stereocenters. The van der Waals surface area contributed by atoms with Crippen LogP contribution in [0.25, 0.3) is 16.8 Å². The van der Waals surface area contributed by atoms with Gasteiger partial charge in [0.2, 0.25) is 5.91 Å². The van der Waals surface area contributed by atoms with Gasteiger partial charge in [-0.25, -0.2) is 9.50 Å². The van der Waals surface area contributed by atoms with Gasteiger partial charge < -0.3 is 15.0 Å². The van der Waals surface area contributed by atoms with Crippen molar-refractivity contribution in [2.24, 2.45) is 5.92 Å². The first-order chi connectivity index (χ1) is 17.1. The number of piperidine rings is 1. The lowest BCUT2D eigenvalue weighted by molar-refractivity contribution is -0.125. The predicted molar refractivity (Wildman–Crippen MR) is 138 cm³/mol. The molecule has 1 fully saturated rings. The van der Waals surface area contributed by atoms with Crippen LogP contribution in [-0.2, 0) is 11.3 Å². The summed E-state index contributed by atoms with van der Waals surface area (Å²) in [6.45, 7) is 4.59. The van der Waals surface area contributed by atoms with Gasteiger partial charge in [0, 0.05) is 48.5 Å². The zero-order chi connectivity index (χ0) is 24.2. The summed E-state index contributed by atoms with van der Waals surface area (Å²) >= 11 is 6.21. The number of ether oxygens (including phenoxy) is 1. The van der Waals surface area contributed by atoms with Crippen LogP contribution in [0.15, 0.2) is 67.0 Å². The van der Waals surface area contributed by atoms with E-state index in [1.165, 1.54) is 0 Å². The lowest BCUT2D eigenvalue weighted by atomic mass is 9.95. The van der Waals surface area contributed by atoms with Crippen LogP contribution in [0, 0.1) is 5.92 Å². The third-order valence-corrected chi connectivity index (χ3v) is 6.78. The van der Waals surface area contributed by atoms with Crippen LogP contribution in [0.3, 0.4) is 0 Å². The lowest BCUT2D eigenvalue weighted by Gasteiger charge is -2.32. The van der Waals surface area contributed by atoms with Crippen molar-refractivity contribution in [1.29, 1.82) is 0 Å². The molecule has 0 radical (unpaired) electrons. The van der Waals surface area contributed by atoms with E-state index in [1.807, 2.05) is 66.2 Å². The third-order valence-electron chi connectivity index (χ3n) is 6.41. The number of carbonyl (C=O) groups is 1. The molecule has 7 nitrogen and oxygen atoms in total. The zero-order valence-electron chi connectivity index (χ0n) is 19.7. The van der Waals surface area contributed by atoms with Gasteiger partial charge >= 0.3 is 0 Å². The van der Waals surface area contributed by atoms with Crippen LogP contribution in [-0.4, -0.2) is 40.2 Å². The number of carbonyl (C=O) groups excluding carboxylic acids is 1. The molecule has 1 aliphatic rings. The Labute approximate surface area is 209 Å². The molecule has 35 heavy (non-hydrogen) atoms. The van der Waals surface area contributed by atoms with E-state index in [2.05, 4.69) is 21.3 Å². The highest BCUT2D eigenvalue weighted by Crippen LogP contribution is 2.29. The second-order valence-electron chi connectivity index (χ2n) is 8.64. The smallest absolute Gasteiger partial charge is 0.223 e. The number of aromatic nitrogens is 3. The normalized spacial score (nSPS) is 14.3. The largest absolute Gasteiger partial charge is 0.494 e. The zero-order valence-corrected chi connectivity index (χ0v) is 20.4. The van der Waals surface area contributed by atoms with Crippen LogP contribution in [0.4, 0.5) is 5.82 Å². The Bertz CT molecular complexity index is 1310. The quantitative estimate of drug-likeness (QED) is 0.396. The number of hydrogen-bond donors (Lipinski definition) is 1. The number of nitrogens with zero attached hydrogens (tertiary/aromatic N) is 4. The molecule has 0 spiro atoms. The van der Waals surface area contributed by atoms with Crippen molar-refractivity contribution < 1.29 is 9.53 Å². The number of fused-ring (bicyclic) bond motifs is 1. The number of halogens is 1. The Morgan fingerprint density at radius 1 is 1.14 bits per heavy atom. The van der Waals surface area contributed by atoms with Crippen LogP contribution >= 0.6 is 11.6 Å². The summed E-state index contributed by atoms with van der Waals surface area (Å²) in [6, 6.07) is 17.6. The highest BCUT2D eigenvalue weighted by Gasteiger charge is 2.27. The monoisotopic (exact) mass is 489 g/mol. The maximum Gasteiger partial charge on any atom is 0.223 e. The molecule has 8 heteroatoms. The van der Waals surface area contributed by atoms with Gasteiger partial charge in [0.15, 0.2) is 5.82 Å². The maximum absolute atomic E-state index is 12.8. The summed E-state index contributed by atoms with van der Waals surface area (Å²) in [4.78, 5) is 19.7. The van der Waals surface area contributed by atoms with E-state index >= 15 is 0 Å². The molecule has 1 saturated heterocycles. The molecule has 180 valence electrons. The van der Waals surface area contributed by atoms with E-state index in [0.29, 0.717) is 18.2 Å². The lowest BCUT2D eigenvalue weighted by Crippen LogP contribution is -2.40. The average Bonchev–Trinajstić information content (AvgIpc) is 3.33. The van der Waals surface area contributed by atoms with Gasteiger partial charge in [-0.3, -0.25) is 4.79 Å². The number of hydrogen-bond acceptors (Lipinski definition) is 5. The van der Waals surface area contributed by atoms with Crippen LogP contribution in [0.2, 0.25) is 5.02 Å². The van der Waals surface area contributed by atoms with E-state index in [4.69, 9.17) is 21.4 Å². The van der Waals surface area contributed by atoms with Crippen molar-refractivity contribution in [3.63, 3.8) is 0 Å². The minimum Gasteiger partial charge on any atom is -0.494 e. The predicted octanol–water partition coefficient (Wildman–Crippen LogP) is 4.98. The van der Waals surface area contributed by atoms with Gasteiger partial charge in [0.1, 0.15) is 11.3 Å². The van der Waals surface area contributed by atoms with Gasteiger partial charge in [-0.1, -0.05) is 29.8 Å². The minimum atomic E-state index is -0.0159. The Hall–Kier alpha value is -3.58. The highest BCUT2D eigenvalue weighted by molar-refractivity contribution is 6.31. The van der Waals surface area contributed by atoms with Crippen LogP contribution in [0.5, 0.6) is 5.75 Å². The second-order valence-corrected chi connectivity index (χ2v) is 9.05. The van der Waals surface area contributed by atoms with Crippen LogP contribution < -0.4 is 15.0 Å². The van der Waals surface area contributed by atoms with E-state index < -0.39 is 0 Å². The molecule has 0 atom stereocenters. The van der Waals surface area contributed by atoms with Crippen molar-refractivity contribution in [1.82, 2.24) is 19.9 Å². The summed E-state index contributed by atoms with van der Waals surface area (Å²) in [5.74, 6) is 1.81. The summed E-state index contributed by atoms with van der Waals surface area (Å²) in [6.07, 6.45) is 5.19. The molecule has 2 aromatic heterocycles. The Balaban J connectivity index is 1.25. The fraction of sp³-hybridized carbons (Fsp3) is 0.296. The van der Waals surface area contributed by atoms with Gasteiger partial charge in [0.25, 0.3) is 0 Å². The average molecular weight is 490 g/mol. The SMILES string of the molecule is CCOc1ccc(-c2cc3c(N4CCC(C(=O)NCc5ccccc5Cl)CC4)nccn3n2)cc1. The number of benzene rings is 2. The molecule has 2 aromatic carbocycles. The molecule has 4 aromatic rings. The van der Waals surface area contributed by atoms with Gasteiger partial charge in [0.05, 0.1) is 12.3 Å². The number of rotatable bonds is 7. The number of nitrogens with one attached hydrogen (secondary N) is 1. The van der Waals surface area contributed by atoms with E-state index in [-0.39, 0.29) is 11.8 Å². The highest BCUT2D eigenvalue weighted by atomic mass is 35.5. The second kappa shape index (κ2) is 10.4. The molecule has 0 aliphatic carbocycles. The fourth-order valence-electron chi connectivity index (χ4n) is 4.50. The molecule has 3 heterocycles. The first-order valence-electron chi connectivity index (χ1n) is 12.0. The topological polar surface area (TPSA) is 71.8 Å². The number of amides is 1. The van der Waals surface area contributed by atoms with Gasteiger partial charge in [-0.05, 0) is 61.7 Å². The first-order valence-corrected chi connectivity index (χ1v) is 12.3. The minimum absolute atomic E-state index is 0.0159. The standard InChI is InChI=1S/C27H28ClN5O2/c1-2-35-22-9-7-19(8-10-22)24-17-25-26(29-13-16-33(25)31-24)32-14-11-20(12-15-32)27(34)30-18-21-5-3-4-6-23(21)28/h3-10,13,16-17,20H,2,11-12,14-15,18H2,1H3,(H,30,34). The number of anilines is 1. The van der Waals surface area contributed by atoms with Crippen molar-refractivity contribution in [2.75, 3.05) is 24.6 Å². The Morgan fingerprint density at radius 3 is 2.66 bits per heavy atom. The van der Waals surface area contributed by atoms with Gasteiger partial charge in [-0.2, -0.15) is 5.10 Å². The summed E-state index contributed by atoms with van der Waals surface area (Å²) in [5.41, 5.74) is 3.80. The fourth-order valence-corrected chi connectivity index (χ4v) is 4.71. The molecule has 0 bridgehead atoms. The molecule has 1 N–H and O–H groups in total. The van der Waals surface area contributed by atoms with E-state index in [9.17, 15) is 4.79 Å². The molecule has 5 rings (SSSR count). The van der Waals surface area contributed by atoms with Crippen molar-refractivity contribution in [3.05, 3.63) is 77.6 Å². The summed E-state index contributed by atoms with van der Waals surface area (Å²) in [7, 11) is 0. The molecular formula is C27H28ClN5O2. The maximum atomic E-state index is 12.8. The van der Waals surface area contributed by atoms with Gasteiger partial charge in [-0.15, -0.1) is 0 Å².